The maximum absolute atomic E-state index is 12.9. The first-order valence-electron chi connectivity index (χ1n) is 6.24. The summed E-state index contributed by atoms with van der Waals surface area (Å²) in [6.45, 7) is 0. The first kappa shape index (κ1) is 14.0. The quantitative estimate of drug-likeness (QED) is 0.630. The Kier molecular flexibility index (Phi) is 4.18. The molecule has 0 atom stereocenters. The fraction of sp³-hybridized carbons (Fsp3) is 0. The third-order valence-corrected chi connectivity index (χ3v) is 3.86. The highest BCUT2D eigenvalue weighted by atomic mass is 35.5. The highest BCUT2D eigenvalue weighted by Crippen LogP contribution is 2.29. The second-order valence-electron chi connectivity index (χ2n) is 4.27. The van der Waals surface area contributed by atoms with E-state index in [9.17, 15) is 4.39 Å². The summed E-state index contributed by atoms with van der Waals surface area (Å²) in [5.41, 5.74) is 0.904. The number of hydrogen-bond acceptors (Lipinski definition) is 3. The Morgan fingerprint density at radius 1 is 0.905 bits per heavy atom. The summed E-state index contributed by atoms with van der Waals surface area (Å²) >= 11 is 7.48. The van der Waals surface area contributed by atoms with Crippen LogP contribution in [-0.4, -0.2) is 9.97 Å². The molecule has 0 unspecified atom stereocenters. The predicted octanol–water partition coefficient (Wildman–Crippen LogP) is 5.09. The van der Waals surface area contributed by atoms with Gasteiger partial charge in [0.05, 0.1) is 0 Å². The second-order valence-corrected chi connectivity index (χ2v) is 5.76. The minimum Gasteiger partial charge on any atom is -0.221 e. The van der Waals surface area contributed by atoms with E-state index in [-0.39, 0.29) is 5.82 Å². The van der Waals surface area contributed by atoms with Gasteiger partial charge in [0.25, 0.3) is 0 Å². The van der Waals surface area contributed by atoms with Crippen molar-refractivity contribution in [3.63, 3.8) is 0 Å². The van der Waals surface area contributed by atoms with Crippen molar-refractivity contribution in [2.45, 2.75) is 9.92 Å². The molecule has 0 aliphatic heterocycles. The summed E-state index contributed by atoms with van der Waals surface area (Å²) in [6.07, 6.45) is 0. The van der Waals surface area contributed by atoms with E-state index in [2.05, 4.69) is 9.97 Å². The molecule has 0 spiro atoms. The molecule has 0 aliphatic rings. The number of hydrogen-bond donors (Lipinski definition) is 0. The van der Waals surface area contributed by atoms with Gasteiger partial charge in [-0.15, -0.1) is 0 Å². The molecule has 0 saturated heterocycles. The molecule has 104 valence electrons. The lowest BCUT2D eigenvalue weighted by Crippen LogP contribution is -1.91. The van der Waals surface area contributed by atoms with Gasteiger partial charge in [-0.05, 0) is 24.3 Å². The van der Waals surface area contributed by atoms with Crippen LogP contribution >= 0.6 is 23.4 Å². The summed E-state index contributed by atoms with van der Waals surface area (Å²) in [4.78, 5) is 9.63. The van der Waals surface area contributed by atoms with E-state index in [1.165, 1.54) is 23.9 Å². The number of benzene rings is 2. The molecule has 3 rings (SSSR count). The zero-order valence-corrected chi connectivity index (χ0v) is 12.4. The van der Waals surface area contributed by atoms with Gasteiger partial charge in [-0.1, -0.05) is 53.7 Å². The molecule has 1 heterocycles. The topological polar surface area (TPSA) is 25.8 Å². The molecule has 0 bridgehead atoms. The maximum Gasteiger partial charge on any atom is 0.162 e. The molecule has 5 heteroatoms. The molecular weight excluding hydrogens is 307 g/mol. The van der Waals surface area contributed by atoms with Crippen molar-refractivity contribution in [3.8, 4) is 11.4 Å². The van der Waals surface area contributed by atoms with Gasteiger partial charge in [0.1, 0.15) is 16.0 Å². The van der Waals surface area contributed by atoms with E-state index in [0.29, 0.717) is 11.0 Å². The van der Waals surface area contributed by atoms with E-state index < -0.39 is 0 Å². The number of aromatic nitrogens is 2. The molecule has 2 aromatic carbocycles. The van der Waals surface area contributed by atoms with Crippen LogP contribution < -0.4 is 0 Å². The van der Waals surface area contributed by atoms with E-state index >= 15 is 0 Å². The van der Waals surface area contributed by atoms with Crippen molar-refractivity contribution >= 4 is 23.4 Å². The molecular formula is C16H10ClFN2S. The first-order chi connectivity index (χ1) is 10.2. The SMILES string of the molecule is Fc1ccc(Sc2cc(Cl)nc(-c3ccccc3)n2)cc1. The lowest BCUT2D eigenvalue weighted by molar-refractivity contribution is 0.626. The van der Waals surface area contributed by atoms with E-state index in [0.717, 1.165) is 15.5 Å². The Morgan fingerprint density at radius 2 is 1.62 bits per heavy atom. The van der Waals surface area contributed by atoms with Crippen molar-refractivity contribution < 1.29 is 4.39 Å². The van der Waals surface area contributed by atoms with Crippen LogP contribution in [0.3, 0.4) is 0 Å². The Bertz CT molecular complexity index is 748. The molecule has 1 aromatic heterocycles. The Balaban J connectivity index is 1.93. The highest BCUT2D eigenvalue weighted by molar-refractivity contribution is 7.99. The van der Waals surface area contributed by atoms with Gasteiger partial charge >= 0.3 is 0 Å². The number of rotatable bonds is 3. The molecule has 21 heavy (non-hydrogen) atoms. The van der Waals surface area contributed by atoms with Crippen molar-refractivity contribution in [1.29, 1.82) is 0 Å². The lowest BCUT2D eigenvalue weighted by atomic mass is 10.2. The van der Waals surface area contributed by atoms with Crippen LogP contribution in [0, 0.1) is 5.82 Å². The summed E-state index contributed by atoms with van der Waals surface area (Å²) in [5, 5.41) is 1.11. The Morgan fingerprint density at radius 3 is 2.33 bits per heavy atom. The van der Waals surface area contributed by atoms with Gasteiger partial charge in [0.2, 0.25) is 0 Å². The highest BCUT2D eigenvalue weighted by Gasteiger charge is 2.07. The summed E-state index contributed by atoms with van der Waals surface area (Å²) in [7, 11) is 0. The number of nitrogens with zero attached hydrogens (tertiary/aromatic N) is 2. The molecule has 0 N–H and O–H groups in total. The van der Waals surface area contributed by atoms with Crippen LogP contribution in [0.4, 0.5) is 4.39 Å². The minimum absolute atomic E-state index is 0.259. The zero-order chi connectivity index (χ0) is 14.7. The van der Waals surface area contributed by atoms with Gasteiger partial charge < -0.3 is 0 Å². The molecule has 0 amide bonds. The standard InChI is InChI=1S/C16H10ClFN2S/c17-14-10-15(21-13-8-6-12(18)7-9-13)20-16(19-14)11-4-2-1-3-5-11/h1-10H. The van der Waals surface area contributed by atoms with Crippen LogP contribution in [-0.2, 0) is 0 Å². The minimum atomic E-state index is -0.259. The average molecular weight is 317 g/mol. The first-order valence-corrected chi connectivity index (χ1v) is 7.43. The fourth-order valence-corrected chi connectivity index (χ4v) is 2.85. The van der Waals surface area contributed by atoms with Crippen LogP contribution in [0.2, 0.25) is 5.15 Å². The Labute approximate surface area is 131 Å². The molecule has 0 saturated carbocycles. The van der Waals surface area contributed by atoms with Crippen LogP contribution in [0.1, 0.15) is 0 Å². The van der Waals surface area contributed by atoms with Gasteiger partial charge in [0.15, 0.2) is 5.82 Å². The average Bonchev–Trinajstić information content (AvgIpc) is 2.50. The normalized spacial score (nSPS) is 10.6. The molecule has 0 fully saturated rings. The predicted molar refractivity (Wildman–Crippen MR) is 83.0 cm³/mol. The van der Waals surface area contributed by atoms with Crippen LogP contribution in [0.25, 0.3) is 11.4 Å². The fourth-order valence-electron chi connectivity index (χ4n) is 1.79. The van der Waals surface area contributed by atoms with Crippen molar-refractivity contribution in [2.24, 2.45) is 0 Å². The Hall–Kier alpha value is -1.91. The third kappa shape index (κ3) is 3.60. The zero-order valence-electron chi connectivity index (χ0n) is 10.8. The maximum atomic E-state index is 12.9. The van der Waals surface area contributed by atoms with Crippen molar-refractivity contribution in [1.82, 2.24) is 9.97 Å². The van der Waals surface area contributed by atoms with Gasteiger partial charge in [-0.2, -0.15) is 0 Å². The van der Waals surface area contributed by atoms with Crippen molar-refractivity contribution in [2.75, 3.05) is 0 Å². The molecule has 2 nitrogen and oxygen atoms in total. The van der Waals surface area contributed by atoms with Crippen LogP contribution in [0.5, 0.6) is 0 Å². The molecule has 0 aliphatic carbocycles. The smallest absolute Gasteiger partial charge is 0.162 e. The van der Waals surface area contributed by atoms with Crippen LogP contribution in [0.15, 0.2) is 70.6 Å². The molecule has 0 radical (unpaired) electrons. The third-order valence-electron chi connectivity index (χ3n) is 2.74. The largest absolute Gasteiger partial charge is 0.221 e. The van der Waals surface area contributed by atoms with E-state index in [4.69, 9.17) is 11.6 Å². The lowest BCUT2D eigenvalue weighted by Gasteiger charge is -2.05. The van der Waals surface area contributed by atoms with Gasteiger partial charge in [0, 0.05) is 16.5 Å². The van der Waals surface area contributed by atoms with Crippen molar-refractivity contribution in [3.05, 3.63) is 71.6 Å². The van der Waals surface area contributed by atoms with E-state index in [1.54, 1.807) is 18.2 Å². The second kappa shape index (κ2) is 6.24. The van der Waals surface area contributed by atoms with Gasteiger partial charge in [-0.3, -0.25) is 0 Å². The summed E-state index contributed by atoms with van der Waals surface area (Å²) in [6, 6.07) is 17.6. The van der Waals surface area contributed by atoms with E-state index in [1.807, 2.05) is 30.3 Å². The monoisotopic (exact) mass is 316 g/mol. The summed E-state index contributed by atoms with van der Waals surface area (Å²) < 4.78 is 12.9. The molecule has 3 aromatic rings. The number of halogens is 2. The van der Waals surface area contributed by atoms with Gasteiger partial charge in [-0.25, -0.2) is 14.4 Å². The summed E-state index contributed by atoms with van der Waals surface area (Å²) in [5.74, 6) is 0.317.